The molecule has 4 rings (SSSR count). The molecule has 32 heavy (non-hydrogen) atoms. The van der Waals surface area contributed by atoms with E-state index in [1.54, 1.807) is 11.0 Å². The van der Waals surface area contributed by atoms with Gasteiger partial charge < -0.3 is 10.2 Å². The number of hydrogen-bond acceptors (Lipinski definition) is 3. The van der Waals surface area contributed by atoms with Crippen molar-refractivity contribution in [2.24, 2.45) is 11.8 Å². The van der Waals surface area contributed by atoms with Crippen LogP contribution in [0.2, 0.25) is 0 Å². The number of carbonyl (C=O) groups excluding carboxylic acids is 2. The van der Waals surface area contributed by atoms with Crippen molar-refractivity contribution < 1.29 is 9.59 Å². The number of anilines is 3. The first-order chi connectivity index (χ1) is 15.5. The summed E-state index contributed by atoms with van der Waals surface area (Å²) >= 11 is 0. The molecule has 0 unspecified atom stereocenters. The van der Waals surface area contributed by atoms with Gasteiger partial charge in [0.15, 0.2) is 0 Å². The predicted molar refractivity (Wildman–Crippen MR) is 130 cm³/mol. The van der Waals surface area contributed by atoms with E-state index in [2.05, 4.69) is 24.3 Å². The first kappa shape index (κ1) is 22.5. The summed E-state index contributed by atoms with van der Waals surface area (Å²) in [6.45, 7) is 1.17. The molecule has 0 saturated heterocycles. The number of unbranched alkanes of at least 4 members (excludes halogenated alkanes) is 1. The lowest BCUT2D eigenvalue weighted by atomic mass is 9.78. The first-order valence-corrected chi connectivity index (χ1v) is 12.0. The fourth-order valence-electron chi connectivity index (χ4n) is 5.15. The Labute approximate surface area is 191 Å². The number of para-hydroxylation sites is 3. The summed E-state index contributed by atoms with van der Waals surface area (Å²) in [5.74, 6) is 1.14. The number of carbonyl (C=O) groups is 2. The van der Waals surface area contributed by atoms with Crippen LogP contribution in [-0.2, 0) is 4.79 Å². The zero-order valence-electron chi connectivity index (χ0n) is 19.3. The molecule has 1 saturated carbocycles. The summed E-state index contributed by atoms with van der Waals surface area (Å²) < 4.78 is 0. The highest BCUT2D eigenvalue weighted by Crippen LogP contribution is 2.40. The van der Waals surface area contributed by atoms with Crippen molar-refractivity contribution in [2.75, 3.05) is 30.9 Å². The van der Waals surface area contributed by atoms with Gasteiger partial charge >= 0.3 is 0 Å². The van der Waals surface area contributed by atoms with E-state index >= 15 is 0 Å². The van der Waals surface area contributed by atoms with Crippen LogP contribution in [-0.4, -0.2) is 37.4 Å². The van der Waals surface area contributed by atoms with E-state index in [1.807, 2.05) is 42.5 Å². The maximum Gasteiger partial charge on any atom is 0.257 e. The number of hydrogen-bond donors (Lipinski definition) is 1. The van der Waals surface area contributed by atoms with Crippen LogP contribution in [0.15, 0.2) is 48.5 Å². The van der Waals surface area contributed by atoms with E-state index in [0.717, 1.165) is 24.4 Å². The molecule has 1 fully saturated rings. The van der Waals surface area contributed by atoms with Crippen molar-refractivity contribution >= 4 is 28.9 Å². The van der Waals surface area contributed by atoms with E-state index in [0.29, 0.717) is 29.3 Å². The summed E-state index contributed by atoms with van der Waals surface area (Å²) in [5, 5.41) is 2.97. The summed E-state index contributed by atoms with van der Waals surface area (Å²) in [6, 6.07) is 15.0. The molecule has 0 bridgehead atoms. The summed E-state index contributed by atoms with van der Waals surface area (Å²) in [7, 11) is 4.27. The van der Waals surface area contributed by atoms with Crippen LogP contribution in [0.4, 0.5) is 17.1 Å². The molecule has 2 aromatic rings. The Bertz CT molecular complexity index is 947. The highest BCUT2D eigenvalue weighted by atomic mass is 16.2. The van der Waals surface area contributed by atoms with Gasteiger partial charge in [-0.2, -0.15) is 0 Å². The Balaban J connectivity index is 1.42. The molecule has 2 amide bonds. The molecule has 0 aromatic heterocycles. The zero-order chi connectivity index (χ0) is 22.5. The smallest absolute Gasteiger partial charge is 0.257 e. The first-order valence-electron chi connectivity index (χ1n) is 12.0. The van der Waals surface area contributed by atoms with E-state index in [1.165, 1.54) is 38.6 Å². The Kier molecular flexibility index (Phi) is 7.26. The molecule has 2 aromatic carbocycles. The zero-order valence-corrected chi connectivity index (χ0v) is 19.3. The normalized spacial score (nSPS) is 20.3. The molecule has 0 radical (unpaired) electrons. The second-order valence-corrected chi connectivity index (χ2v) is 9.61. The Morgan fingerprint density at radius 2 is 1.59 bits per heavy atom. The summed E-state index contributed by atoms with van der Waals surface area (Å²) in [5.41, 5.74) is 2.65. The number of nitrogens with one attached hydrogen (secondary N) is 1. The van der Waals surface area contributed by atoms with Gasteiger partial charge in [0.1, 0.15) is 0 Å². The third kappa shape index (κ3) is 5.21. The topological polar surface area (TPSA) is 52.7 Å². The second-order valence-electron chi connectivity index (χ2n) is 9.61. The lowest BCUT2D eigenvalue weighted by Gasteiger charge is -2.30. The number of fused-ring (bicyclic) bond motifs is 2. The molecule has 5 nitrogen and oxygen atoms in total. The van der Waals surface area contributed by atoms with Gasteiger partial charge in [-0.1, -0.05) is 49.9 Å². The van der Waals surface area contributed by atoms with Gasteiger partial charge in [0.05, 0.1) is 22.6 Å². The maximum atomic E-state index is 13.6. The van der Waals surface area contributed by atoms with Crippen molar-refractivity contribution in [2.45, 2.75) is 51.4 Å². The van der Waals surface area contributed by atoms with Gasteiger partial charge in [-0.05, 0) is 76.0 Å². The van der Waals surface area contributed by atoms with Crippen molar-refractivity contribution in [3.63, 3.8) is 0 Å². The summed E-state index contributed by atoms with van der Waals surface area (Å²) in [4.78, 5) is 30.4. The highest BCUT2D eigenvalue weighted by molar-refractivity contribution is 6.17. The molecule has 2 aliphatic rings. The minimum atomic E-state index is -0.168. The SMILES string of the molecule is CN(C)CCCCC1CCC(CC(=O)N2c3ccccc3NC(=O)c3ccccc32)CC1. The molecule has 1 aliphatic heterocycles. The van der Waals surface area contributed by atoms with Crippen molar-refractivity contribution in [1.82, 2.24) is 4.90 Å². The third-order valence-electron chi connectivity index (χ3n) is 6.93. The average Bonchev–Trinajstić information content (AvgIpc) is 2.91. The van der Waals surface area contributed by atoms with Crippen LogP contribution in [0.5, 0.6) is 0 Å². The van der Waals surface area contributed by atoms with Crippen molar-refractivity contribution in [3.05, 3.63) is 54.1 Å². The molecule has 1 heterocycles. The van der Waals surface area contributed by atoms with Crippen molar-refractivity contribution in [1.29, 1.82) is 0 Å². The van der Waals surface area contributed by atoms with Crippen LogP contribution in [0.1, 0.15) is 61.7 Å². The second kappa shape index (κ2) is 10.3. The van der Waals surface area contributed by atoms with Crippen LogP contribution in [0.3, 0.4) is 0 Å². The highest BCUT2D eigenvalue weighted by Gasteiger charge is 2.31. The van der Waals surface area contributed by atoms with Crippen LogP contribution >= 0.6 is 0 Å². The molecule has 1 N–H and O–H groups in total. The maximum absolute atomic E-state index is 13.6. The van der Waals surface area contributed by atoms with Crippen LogP contribution in [0.25, 0.3) is 0 Å². The Morgan fingerprint density at radius 3 is 2.34 bits per heavy atom. The summed E-state index contributed by atoms with van der Waals surface area (Å²) in [6.07, 6.45) is 9.12. The average molecular weight is 434 g/mol. The fraction of sp³-hybridized carbons (Fsp3) is 0.481. The minimum Gasteiger partial charge on any atom is -0.320 e. The van der Waals surface area contributed by atoms with E-state index in [4.69, 9.17) is 0 Å². The van der Waals surface area contributed by atoms with Gasteiger partial charge in [0.2, 0.25) is 5.91 Å². The van der Waals surface area contributed by atoms with Gasteiger partial charge in [0, 0.05) is 6.42 Å². The van der Waals surface area contributed by atoms with Crippen molar-refractivity contribution in [3.8, 4) is 0 Å². The molecule has 1 aliphatic carbocycles. The van der Waals surface area contributed by atoms with E-state index in [-0.39, 0.29) is 11.8 Å². The lowest BCUT2D eigenvalue weighted by Crippen LogP contribution is -2.29. The van der Waals surface area contributed by atoms with Crippen LogP contribution < -0.4 is 10.2 Å². The van der Waals surface area contributed by atoms with Crippen LogP contribution in [0, 0.1) is 11.8 Å². The third-order valence-corrected chi connectivity index (χ3v) is 6.93. The quantitative estimate of drug-likeness (QED) is 0.558. The molecule has 170 valence electrons. The van der Waals surface area contributed by atoms with E-state index in [9.17, 15) is 9.59 Å². The minimum absolute atomic E-state index is 0.0795. The monoisotopic (exact) mass is 433 g/mol. The number of nitrogens with zero attached hydrogens (tertiary/aromatic N) is 2. The van der Waals surface area contributed by atoms with Gasteiger partial charge in [-0.15, -0.1) is 0 Å². The number of rotatable bonds is 7. The molecule has 5 heteroatoms. The standard InChI is InChI=1S/C27H35N3O2/c1-29(2)18-8-7-9-20-14-16-21(17-15-20)19-26(31)30-24-12-5-3-10-22(24)27(32)28-23-11-4-6-13-25(23)30/h3-6,10-13,20-21H,7-9,14-19H2,1-2H3,(H,28,32). The molecular formula is C27H35N3O2. The Morgan fingerprint density at radius 1 is 0.938 bits per heavy atom. The fourth-order valence-corrected chi connectivity index (χ4v) is 5.15. The van der Waals surface area contributed by atoms with E-state index < -0.39 is 0 Å². The molecular weight excluding hydrogens is 398 g/mol. The van der Waals surface area contributed by atoms with Gasteiger partial charge in [-0.3, -0.25) is 14.5 Å². The molecule has 0 spiro atoms. The lowest BCUT2D eigenvalue weighted by molar-refractivity contribution is -0.119. The largest absolute Gasteiger partial charge is 0.320 e. The Hall–Kier alpha value is -2.66. The molecule has 0 atom stereocenters. The number of benzene rings is 2. The predicted octanol–water partition coefficient (Wildman–Crippen LogP) is 5.85. The van der Waals surface area contributed by atoms with Gasteiger partial charge in [0.25, 0.3) is 5.91 Å². The van der Waals surface area contributed by atoms with Gasteiger partial charge in [-0.25, -0.2) is 0 Å². The number of amides is 2.